The first-order chi connectivity index (χ1) is 17.8. The number of carboxylic acid groups (broad SMARTS) is 1. The third-order valence-electron chi connectivity index (χ3n) is 6.95. The van der Waals surface area contributed by atoms with Crippen LogP contribution in [-0.2, 0) is 0 Å². The van der Waals surface area contributed by atoms with Gasteiger partial charge in [0.05, 0.1) is 22.6 Å². The fourth-order valence-corrected chi connectivity index (χ4v) is 5.22. The summed E-state index contributed by atoms with van der Waals surface area (Å²) >= 11 is 6.09. The topological polar surface area (TPSA) is 64.3 Å². The molecule has 4 aromatic rings. The van der Waals surface area contributed by atoms with E-state index in [2.05, 4.69) is 4.98 Å². The molecule has 0 saturated heterocycles. The van der Waals surface area contributed by atoms with E-state index in [1.165, 1.54) is 12.1 Å². The molecular weight excluding hydrogens is 505 g/mol. The zero-order valence-corrected chi connectivity index (χ0v) is 20.5. The number of halogens is 4. The Morgan fingerprint density at radius 3 is 2.38 bits per heavy atom. The second-order valence-electron chi connectivity index (χ2n) is 9.29. The average molecular weight is 529 g/mol. The summed E-state index contributed by atoms with van der Waals surface area (Å²) in [5, 5.41) is 9.67. The normalized spacial score (nSPS) is 15.1. The van der Waals surface area contributed by atoms with Crippen LogP contribution in [0.4, 0.5) is 13.2 Å². The Morgan fingerprint density at radius 1 is 1.00 bits per heavy atom. The number of carboxylic acids is 1. The van der Waals surface area contributed by atoms with Crippen LogP contribution in [0.3, 0.4) is 0 Å². The van der Waals surface area contributed by atoms with Gasteiger partial charge >= 0.3 is 5.97 Å². The molecule has 1 heterocycles. The highest BCUT2D eigenvalue weighted by Crippen LogP contribution is 2.39. The van der Waals surface area contributed by atoms with Crippen LogP contribution in [0, 0.1) is 23.4 Å². The monoisotopic (exact) mass is 528 g/mol. The highest BCUT2D eigenvalue weighted by atomic mass is 35.5. The second-order valence-corrected chi connectivity index (χ2v) is 9.73. The molecule has 5 rings (SSSR count). The van der Waals surface area contributed by atoms with Crippen LogP contribution in [0.25, 0.3) is 22.4 Å². The van der Waals surface area contributed by atoms with Gasteiger partial charge in [0.15, 0.2) is 23.2 Å². The number of carbonyl (C=O) groups is 1. The summed E-state index contributed by atoms with van der Waals surface area (Å²) in [6.07, 6.45) is 4.89. The molecule has 1 aliphatic carbocycles. The van der Waals surface area contributed by atoms with Crippen molar-refractivity contribution in [2.75, 3.05) is 6.61 Å². The molecule has 1 atom stereocenters. The smallest absolute Gasteiger partial charge is 0.335 e. The number of hydrogen-bond acceptors (Lipinski definition) is 3. The number of rotatable bonds is 7. The van der Waals surface area contributed by atoms with Crippen LogP contribution >= 0.6 is 11.6 Å². The van der Waals surface area contributed by atoms with Crippen molar-refractivity contribution in [3.8, 4) is 17.1 Å². The first-order valence-corrected chi connectivity index (χ1v) is 12.5. The number of ether oxygens (including phenoxy) is 1. The highest BCUT2D eigenvalue weighted by Gasteiger charge is 2.30. The summed E-state index contributed by atoms with van der Waals surface area (Å²) in [5.74, 6) is -3.48. The molecule has 1 N–H and O–H groups in total. The molecule has 9 heteroatoms. The molecule has 5 nitrogen and oxygen atoms in total. The van der Waals surface area contributed by atoms with Gasteiger partial charge in [0.25, 0.3) is 0 Å². The summed E-state index contributed by atoms with van der Waals surface area (Å²) in [6.45, 7) is 0.0268. The molecule has 1 aliphatic rings. The lowest BCUT2D eigenvalue weighted by atomic mass is 9.83. The zero-order chi connectivity index (χ0) is 26.1. The van der Waals surface area contributed by atoms with Gasteiger partial charge in [0, 0.05) is 22.7 Å². The van der Waals surface area contributed by atoms with E-state index in [1.807, 2.05) is 4.57 Å². The molecule has 37 heavy (non-hydrogen) atoms. The van der Waals surface area contributed by atoms with E-state index in [0.717, 1.165) is 50.3 Å². The molecule has 1 saturated carbocycles. The SMILES string of the molecule is O=C(O)c1ccc(OC[C@H](C2CCCCC2)n2c(-c3ccc(Cl)cc3)nc3cc(F)c(F)cc32)c(F)c1. The largest absolute Gasteiger partial charge is 0.488 e. The van der Waals surface area contributed by atoms with Crippen LogP contribution < -0.4 is 4.74 Å². The van der Waals surface area contributed by atoms with E-state index in [0.29, 0.717) is 27.4 Å². The quantitative estimate of drug-likeness (QED) is 0.267. The first kappa shape index (κ1) is 25.1. The summed E-state index contributed by atoms with van der Waals surface area (Å²) < 4.78 is 51.0. The molecule has 0 amide bonds. The summed E-state index contributed by atoms with van der Waals surface area (Å²) in [4.78, 5) is 15.8. The molecular formula is C28H24ClF3N2O3. The van der Waals surface area contributed by atoms with Gasteiger partial charge in [0.1, 0.15) is 12.4 Å². The molecule has 0 bridgehead atoms. The first-order valence-electron chi connectivity index (χ1n) is 12.1. The maximum Gasteiger partial charge on any atom is 0.335 e. The number of fused-ring (bicyclic) bond motifs is 1. The van der Waals surface area contributed by atoms with Crippen molar-refractivity contribution in [3.05, 3.63) is 82.6 Å². The highest BCUT2D eigenvalue weighted by molar-refractivity contribution is 6.30. The lowest BCUT2D eigenvalue weighted by Gasteiger charge is -2.32. The van der Waals surface area contributed by atoms with E-state index < -0.39 is 23.4 Å². The van der Waals surface area contributed by atoms with Crippen molar-refractivity contribution in [2.24, 2.45) is 5.92 Å². The Balaban J connectivity index is 1.61. The molecule has 1 fully saturated rings. The van der Waals surface area contributed by atoms with Crippen molar-refractivity contribution >= 4 is 28.6 Å². The Bertz CT molecular complexity index is 1450. The van der Waals surface area contributed by atoms with E-state index in [4.69, 9.17) is 21.4 Å². The fourth-order valence-electron chi connectivity index (χ4n) is 5.10. The minimum Gasteiger partial charge on any atom is -0.488 e. The van der Waals surface area contributed by atoms with Gasteiger partial charge in [-0.2, -0.15) is 0 Å². The molecule has 192 valence electrons. The predicted molar refractivity (Wildman–Crippen MR) is 135 cm³/mol. The number of hydrogen-bond donors (Lipinski definition) is 1. The van der Waals surface area contributed by atoms with Crippen molar-refractivity contribution in [3.63, 3.8) is 0 Å². The number of benzene rings is 3. The lowest BCUT2D eigenvalue weighted by Crippen LogP contribution is -2.28. The molecule has 0 unspecified atom stereocenters. The maximum absolute atomic E-state index is 14.7. The summed E-state index contributed by atoms with van der Waals surface area (Å²) in [6, 6.07) is 12.3. The Morgan fingerprint density at radius 2 is 1.70 bits per heavy atom. The fraction of sp³-hybridized carbons (Fsp3) is 0.286. The van der Waals surface area contributed by atoms with Crippen molar-refractivity contribution < 1.29 is 27.8 Å². The minimum atomic E-state index is -1.24. The van der Waals surface area contributed by atoms with Gasteiger partial charge in [-0.25, -0.2) is 22.9 Å². The number of aromatic nitrogens is 2. The molecule has 0 aliphatic heterocycles. The number of nitrogens with zero attached hydrogens (tertiary/aromatic N) is 2. The summed E-state index contributed by atoms with van der Waals surface area (Å²) in [5.41, 5.74) is 1.22. The van der Waals surface area contributed by atoms with Gasteiger partial charge in [-0.3, -0.25) is 0 Å². The second kappa shape index (κ2) is 10.5. The van der Waals surface area contributed by atoms with E-state index in [1.54, 1.807) is 24.3 Å². The van der Waals surface area contributed by atoms with Gasteiger partial charge in [-0.15, -0.1) is 0 Å². The molecule has 0 spiro atoms. The summed E-state index contributed by atoms with van der Waals surface area (Å²) in [7, 11) is 0. The third-order valence-corrected chi connectivity index (χ3v) is 7.20. The van der Waals surface area contributed by atoms with Crippen LogP contribution in [0.2, 0.25) is 5.02 Å². The van der Waals surface area contributed by atoms with Crippen LogP contribution in [-0.4, -0.2) is 27.2 Å². The maximum atomic E-state index is 14.7. The van der Waals surface area contributed by atoms with Gasteiger partial charge in [-0.1, -0.05) is 30.9 Å². The van der Waals surface area contributed by atoms with Crippen LogP contribution in [0.1, 0.15) is 48.5 Å². The lowest BCUT2D eigenvalue weighted by molar-refractivity contribution is 0.0696. The van der Waals surface area contributed by atoms with E-state index in [9.17, 15) is 18.0 Å². The van der Waals surface area contributed by atoms with Gasteiger partial charge in [0.2, 0.25) is 0 Å². The van der Waals surface area contributed by atoms with Crippen molar-refractivity contribution in [2.45, 2.75) is 38.1 Å². The minimum absolute atomic E-state index is 0.0268. The van der Waals surface area contributed by atoms with Crippen LogP contribution in [0.5, 0.6) is 5.75 Å². The molecule has 3 aromatic carbocycles. The Hall–Kier alpha value is -3.52. The Labute approximate surface area is 216 Å². The average Bonchev–Trinajstić information content (AvgIpc) is 3.24. The Kier molecular flexibility index (Phi) is 7.11. The van der Waals surface area contributed by atoms with E-state index >= 15 is 0 Å². The van der Waals surface area contributed by atoms with E-state index in [-0.39, 0.29) is 29.9 Å². The number of aromatic carboxylic acids is 1. The van der Waals surface area contributed by atoms with Crippen LogP contribution in [0.15, 0.2) is 54.6 Å². The van der Waals surface area contributed by atoms with Gasteiger partial charge < -0.3 is 14.4 Å². The standard InChI is InChI=1S/C28H24ClF3N2O3/c29-19-9-6-17(7-10-19)27-33-23-13-20(30)21(31)14-24(23)34(27)25(16-4-2-1-3-5-16)15-37-26-11-8-18(28(35)36)12-22(26)32/h6-14,16,25H,1-5,15H2,(H,35,36)/t25-/m1/s1. The zero-order valence-electron chi connectivity index (χ0n) is 19.8. The third kappa shape index (κ3) is 5.16. The molecule has 0 radical (unpaired) electrons. The molecule has 1 aromatic heterocycles. The number of imidazole rings is 1. The predicted octanol–water partition coefficient (Wildman–Crippen LogP) is 7.67. The van der Waals surface area contributed by atoms with Crippen molar-refractivity contribution in [1.29, 1.82) is 0 Å². The van der Waals surface area contributed by atoms with Gasteiger partial charge in [-0.05, 0) is 61.2 Å². The van der Waals surface area contributed by atoms with Crippen molar-refractivity contribution in [1.82, 2.24) is 9.55 Å².